The number of benzene rings is 1. The Hall–Kier alpha value is -1.74. The van der Waals surface area contributed by atoms with Crippen LogP contribution in [0.3, 0.4) is 0 Å². The van der Waals surface area contributed by atoms with E-state index in [1.54, 1.807) is 23.9 Å². The Bertz CT molecular complexity index is 583. The van der Waals surface area contributed by atoms with Crippen molar-refractivity contribution in [3.63, 3.8) is 0 Å². The SMILES string of the molecule is c1cc(CNc2ccc3sccc3c2)co1. The zero-order valence-electron chi connectivity index (χ0n) is 8.64. The summed E-state index contributed by atoms with van der Waals surface area (Å²) in [5.74, 6) is 0. The van der Waals surface area contributed by atoms with Gasteiger partial charge >= 0.3 is 0 Å². The summed E-state index contributed by atoms with van der Waals surface area (Å²) in [4.78, 5) is 0. The maximum absolute atomic E-state index is 5.02. The van der Waals surface area contributed by atoms with E-state index in [0.717, 1.165) is 17.8 Å². The van der Waals surface area contributed by atoms with Crippen molar-refractivity contribution in [2.24, 2.45) is 0 Å². The molecule has 0 saturated carbocycles. The van der Waals surface area contributed by atoms with Crippen LogP contribution >= 0.6 is 11.3 Å². The molecule has 80 valence electrons. The minimum Gasteiger partial charge on any atom is -0.472 e. The minimum atomic E-state index is 0.798. The van der Waals surface area contributed by atoms with E-state index >= 15 is 0 Å². The van der Waals surface area contributed by atoms with E-state index in [1.165, 1.54) is 10.1 Å². The lowest BCUT2D eigenvalue weighted by atomic mass is 10.2. The molecule has 3 heteroatoms. The van der Waals surface area contributed by atoms with Gasteiger partial charge in [0, 0.05) is 22.5 Å². The smallest absolute Gasteiger partial charge is 0.0952 e. The van der Waals surface area contributed by atoms with E-state index in [4.69, 9.17) is 4.42 Å². The lowest BCUT2D eigenvalue weighted by Crippen LogP contribution is -1.97. The summed E-state index contributed by atoms with van der Waals surface area (Å²) < 4.78 is 6.35. The predicted molar refractivity (Wildman–Crippen MR) is 67.9 cm³/mol. The molecular formula is C13H11NOS. The third kappa shape index (κ3) is 1.82. The van der Waals surface area contributed by atoms with E-state index in [-0.39, 0.29) is 0 Å². The summed E-state index contributed by atoms with van der Waals surface area (Å²) in [7, 11) is 0. The van der Waals surface area contributed by atoms with Gasteiger partial charge in [0.25, 0.3) is 0 Å². The number of thiophene rings is 1. The van der Waals surface area contributed by atoms with Crippen molar-refractivity contribution in [1.82, 2.24) is 0 Å². The van der Waals surface area contributed by atoms with Gasteiger partial charge in [0.05, 0.1) is 12.5 Å². The number of fused-ring (bicyclic) bond motifs is 1. The van der Waals surface area contributed by atoms with Crippen LogP contribution in [0.5, 0.6) is 0 Å². The predicted octanol–water partition coefficient (Wildman–Crippen LogP) is 4.11. The second-order valence-electron chi connectivity index (χ2n) is 3.66. The van der Waals surface area contributed by atoms with E-state index in [1.807, 2.05) is 6.07 Å². The Morgan fingerprint density at radius 1 is 1.19 bits per heavy atom. The highest BCUT2D eigenvalue weighted by atomic mass is 32.1. The molecule has 3 aromatic rings. The molecule has 3 rings (SSSR count). The summed E-state index contributed by atoms with van der Waals surface area (Å²) >= 11 is 1.77. The van der Waals surface area contributed by atoms with Gasteiger partial charge in [-0.2, -0.15) is 0 Å². The molecule has 0 bridgehead atoms. The Kier molecular flexibility index (Phi) is 2.38. The molecule has 0 saturated heterocycles. The van der Waals surface area contributed by atoms with Crippen molar-refractivity contribution in [3.8, 4) is 0 Å². The van der Waals surface area contributed by atoms with Gasteiger partial charge in [-0.3, -0.25) is 0 Å². The van der Waals surface area contributed by atoms with E-state index < -0.39 is 0 Å². The normalized spacial score (nSPS) is 10.8. The first kappa shape index (κ1) is 9.48. The molecule has 0 amide bonds. The molecule has 0 atom stereocenters. The largest absolute Gasteiger partial charge is 0.472 e. The van der Waals surface area contributed by atoms with Gasteiger partial charge in [-0.05, 0) is 41.1 Å². The molecule has 2 aromatic heterocycles. The molecule has 2 heterocycles. The molecule has 0 aliphatic carbocycles. The molecule has 1 aromatic carbocycles. The molecule has 0 spiro atoms. The fourth-order valence-electron chi connectivity index (χ4n) is 1.67. The fraction of sp³-hybridized carbons (Fsp3) is 0.0769. The Balaban J connectivity index is 1.78. The number of rotatable bonds is 3. The molecule has 2 nitrogen and oxygen atoms in total. The van der Waals surface area contributed by atoms with Crippen molar-refractivity contribution in [2.45, 2.75) is 6.54 Å². The van der Waals surface area contributed by atoms with Crippen molar-refractivity contribution in [2.75, 3.05) is 5.32 Å². The Morgan fingerprint density at radius 3 is 3.06 bits per heavy atom. The molecule has 0 fully saturated rings. The first-order valence-corrected chi connectivity index (χ1v) is 6.02. The van der Waals surface area contributed by atoms with Gasteiger partial charge < -0.3 is 9.73 Å². The standard InChI is InChI=1S/C13H11NOS/c1-2-13-11(4-6-16-13)7-12(1)14-8-10-3-5-15-9-10/h1-7,9,14H,8H2. The topological polar surface area (TPSA) is 25.2 Å². The van der Waals surface area contributed by atoms with Crippen LogP contribution in [-0.2, 0) is 6.54 Å². The molecule has 0 radical (unpaired) electrons. The number of furan rings is 1. The van der Waals surface area contributed by atoms with Crippen LogP contribution in [0.2, 0.25) is 0 Å². The highest BCUT2D eigenvalue weighted by molar-refractivity contribution is 7.17. The first-order chi connectivity index (χ1) is 7.92. The lowest BCUT2D eigenvalue weighted by Gasteiger charge is -2.04. The Labute approximate surface area is 97.5 Å². The highest BCUT2D eigenvalue weighted by Crippen LogP contribution is 2.24. The number of nitrogens with one attached hydrogen (secondary N) is 1. The quantitative estimate of drug-likeness (QED) is 0.731. The summed E-state index contributed by atoms with van der Waals surface area (Å²) in [6.45, 7) is 0.798. The van der Waals surface area contributed by atoms with E-state index in [9.17, 15) is 0 Å². The van der Waals surface area contributed by atoms with Gasteiger partial charge in [0.2, 0.25) is 0 Å². The van der Waals surface area contributed by atoms with Crippen LogP contribution in [0.1, 0.15) is 5.56 Å². The van der Waals surface area contributed by atoms with Gasteiger partial charge in [-0.1, -0.05) is 0 Å². The van der Waals surface area contributed by atoms with Gasteiger partial charge in [-0.15, -0.1) is 11.3 Å². The summed E-state index contributed by atoms with van der Waals surface area (Å²) in [6.07, 6.45) is 3.45. The van der Waals surface area contributed by atoms with Crippen molar-refractivity contribution >= 4 is 27.1 Å². The average Bonchev–Trinajstić information content (AvgIpc) is 2.97. The molecule has 0 unspecified atom stereocenters. The van der Waals surface area contributed by atoms with E-state index in [2.05, 4.69) is 35.0 Å². The Morgan fingerprint density at radius 2 is 2.19 bits per heavy atom. The fourth-order valence-corrected chi connectivity index (χ4v) is 2.44. The van der Waals surface area contributed by atoms with E-state index in [0.29, 0.717) is 0 Å². The number of hydrogen-bond acceptors (Lipinski definition) is 3. The van der Waals surface area contributed by atoms with Crippen molar-refractivity contribution < 1.29 is 4.42 Å². The molecule has 16 heavy (non-hydrogen) atoms. The third-order valence-corrected chi connectivity index (χ3v) is 3.43. The monoisotopic (exact) mass is 229 g/mol. The average molecular weight is 229 g/mol. The maximum Gasteiger partial charge on any atom is 0.0952 e. The zero-order chi connectivity index (χ0) is 10.8. The second-order valence-corrected chi connectivity index (χ2v) is 4.61. The highest BCUT2D eigenvalue weighted by Gasteiger charge is 1.98. The molecule has 0 aliphatic heterocycles. The minimum absolute atomic E-state index is 0.798. The van der Waals surface area contributed by atoms with Gasteiger partial charge in [-0.25, -0.2) is 0 Å². The third-order valence-electron chi connectivity index (χ3n) is 2.53. The number of anilines is 1. The number of hydrogen-bond donors (Lipinski definition) is 1. The van der Waals surface area contributed by atoms with Gasteiger partial charge in [0.1, 0.15) is 0 Å². The zero-order valence-corrected chi connectivity index (χ0v) is 9.46. The van der Waals surface area contributed by atoms with Crippen LogP contribution in [-0.4, -0.2) is 0 Å². The van der Waals surface area contributed by atoms with Crippen LogP contribution < -0.4 is 5.32 Å². The van der Waals surface area contributed by atoms with Crippen molar-refractivity contribution in [1.29, 1.82) is 0 Å². The molecule has 1 N–H and O–H groups in total. The van der Waals surface area contributed by atoms with Crippen molar-refractivity contribution in [3.05, 3.63) is 53.8 Å². The molecule has 0 aliphatic rings. The maximum atomic E-state index is 5.02. The molecular weight excluding hydrogens is 218 g/mol. The summed E-state index contributed by atoms with van der Waals surface area (Å²) in [5, 5.41) is 6.78. The summed E-state index contributed by atoms with van der Waals surface area (Å²) in [5.41, 5.74) is 2.30. The first-order valence-electron chi connectivity index (χ1n) is 5.14. The second kappa shape index (κ2) is 4.02. The lowest BCUT2D eigenvalue weighted by molar-refractivity contribution is 0.564. The van der Waals surface area contributed by atoms with Crippen LogP contribution in [0.4, 0.5) is 5.69 Å². The van der Waals surface area contributed by atoms with Gasteiger partial charge in [0.15, 0.2) is 0 Å². The van der Waals surface area contributed by atoms with Crippen LogP contribution in [0, 0.1) is 0 Å². The summed E-state index contributed by atoms with van der Waals surface area (Å²) in [6, 6.07) is 10.5. The van der Waals surface area contributed by atoms with Crippen LogP contribution in [0.15, 0.2) is 52.7 Å². The van der Waals surface area contributed by atoms with Crippen LogP contribution in [0.25, 0.3) is 10.1 Å².